The van der Waals surface area contributed by atoms with Gasteiger partial charge in [0.1, 0.15) is 11.3 Å². The first kappa shape index (κ1) is 18.3. The first-order valence-electron chi connectivity index (χ1n) is 8.60. The molecule has 26 heavy (non-hydrogen) atoms. The van der Waals surface area contributed by atoms with Crippen molar-refractivity contribution in [2.24, 2.45) is 11.1 Å². The van der Waals surface area contributed by atoms with Gasteiger partial charge in [0.25, 0.3) is 5.91 Å². The van der Waals surface area contributed by atoms with Gasteiger partial charge in [0.2, 0.25) is 0 Å². The van der Waals surface area contributed by atoms with Gasteiger partial charge >= 0.3 is 5.97 Å². The third-order valence-electron chi connectivity index (χ3n) is 4.41. The van der Waals surface area contributed by atoms with E-state index in [1.807, 2.05) is 0 Å². The van der Waals surface area contributed by atoms with Gasteiger partial charge in [-0.15, -0.1) is 5.06 Å². The van der Waals surface area contributed by atoms with Gasteiger partial charge in [-0.2, -0.15) is 5.10 Å². The van der Waals surface area contributed by atoms with Crippen LogP contribution in [0.25, 0.3) is 10.9 Å². The largest absolute Gasteiger partial charge is 0.367 e. The highest BCUT2D eigenvalue weighted by atomic mass is 19.1. The Labute approximate surface area is 150 Å². The standard InChI is InChI=1S/C18H23FN4O3/c1-18(2,3)17(25)26-22-6-4-5-13(10-22)23-9-11-7-12(19)8-14(16(20)24)15(11)21-23/h7-9,13H,4-6,10H2,1-3H3,(H2,20,24). The van der Waals surface area contributed by atoms with Crippen molar-refractivity contribution in [2.45, 2.75) is 39.7 Å². The van der Waals surface area contributed by atoms with Crippen molar-refractivity contribution < 1.29 is 18.8 Å². The molecule has 2 N–H and O–H groups in total. The highest BCUT2D eigenvalue weighted by molar-refractivity contribution is 6.04. The van der Waals surface area contributed by atoms with E-state index in [0.717, 1.165) is 18.9 Å². The van der Waals surface area contributed by atoms with E-state index in [1.54, 1.807) is 36.7 Å². The Morgan fingerprint density at radius 1 is 1.35 bits per heavy atom. The van der Waals surface area contributed by atoms with Crippen LogP contribution < -0.4 is 5.73 Å². The van der Waals surface area contributed by atoms with Gasteiger partial charge in [-0.05, 0) is 45.7 Å². The van der Waals surface area contributed by atoms with Crippen LogP contribution in [-0.4, -0.2) is 39.8 Å². The number of rotatable bonds is 3. The molecule has 1 aliphatic heterocycles. The van der Waals surface area contributed by atoms with Crippen LogP contribution in [-0.2, 0) is 9.63 Å². The number of fused-ring (bicyclic) bond motifs is 1. The fraction of sp³-hybridized carbons (Fsp3) is 0.500. The molecule has 8 heteroatoms. The zero-order valence-corrected chi connectivity index (χ0v) is 15.2. The molecule has 3 rings (SSSR count). The number of hydrogen-bond donors (Lipinski definition) is 1. The molecule has 0 bridgehead atoms. The lowest BCUT2D eigenvalue weighted by Crippen LogP contribution is -2.40. The molecule has 1 unspecified atom stereocenters. The summed E-state index contributed by atoms with van der Waals surface area (Å²) >= 11 is 0. The molecule has 1 aromatic heterocycles. The molecule has 1 aliphatic rings. The summed E-state index contributed by atoms with van der Waals surface area (Å²) < 4.78 is 15.4. The Morgan fingerprint density at radius 3 is 2.73 bits per heavy atom. The molecule has 0 radical (unpaired) electrons. The number of carbonyl (C=O) groups excluding carboxylic acids is 2. The zero-order chi connectivity index (χ0) is 19.1. The molecule has 0 aliphatic carbocycles. The van der Waals surface area contributed by atoms with Gasteiger partial charge in [-0.25, -0.2) is 9.18 Å². The topological polar surface area (TPSA) is 90.5 Å². The summed E-state index contributed by atoms with van der Waals surface area (Å²) in [7, 11) is 0. The smallest absolute Gasteiger partial charge is 0.330 e. The van der Waals surface area contributed by atoms with E-state index in [9.17, 15) is 14.0 Å². The molecule has 1 atom stereocenters. The Bertz CT molecular complexity index is 856. The Balaban J connectivity index is 1.83. The van der Waals surface area contributed by atoms with Crippen LogP contribution in [0.5, 0.6) is 0 Å². The lowest BCUT2D eigenvalue weighted by Gasteiger charge is -2.32. The molecule has 0 saturated carbocycles. The maximum Gasteiger partial charge on any atom is 0.330 e. The Morgan fingerprint density at radius 2 is 2.08 bits per heavy atom. The van der Waals surface area contributed by atoms with Crippen molar-refractivity contribution >= 4 is 22.8 Å². The molecule has 1 amide bonds. The third kappa shape index (κ3) is 3.70. The molecular formula is C18H23FN4O3. The second-order valence-electron chi connectivity index (χ2n) is 7.68. The quantitative estimate of drug-likeness (QED) is 0.905. The number of carbonyl (C=O) groups is 2. The van der Waals surface area contributed by atoms with E-state index < -0.39 is 17.1 Å². The molecule has 0 spiro atoms. The summed E-state index contributed by atoms with van der Waals surface area (Å²) in [5, 5.41) is 6.60. The number of aromatic nitrogens is 2. The molecule has 1 fully saturated rings. The van der Waals surface area contributed by atoms with Crippen molar-refractivity contribution in [2.75, 3.05) is 13.1 Å². The first-order chi connectivity index (χ1) is 12.1. The van der Waals surface area contributed by atoms with Crippen molar-refractivity contribution in [1.82, 2.24) is 14.8 Å². The second kappa shape index (κ2) is 6.68. The highest BCUT2D eigenvalue weighted by Crippen LogP contribution is 2.27. The predicted octanol–water partition coefficient (Wildman–Crippen LogP) is 2.42. The number of halogens is 1. The van der Waals surface area contributed by atoms with Gasteiger partial charge in [-0.3, -0.25) is 9.48 Å². The summed E-state index contributed by atoms with van der Waals surface area (Å²) in [4.78, 5) is 29.1. The number of nitrogens with zero attached hydrogens (tertiary/aromatic N) is 3. The van der Waals surface area contributed by atoms with Gasteiger partial charge < -0.3 is 10.6 Å². The normalized spacial score (nSPS) is 18.8. The Hall–Kier alpha value is -2.48. The van der Waals surface area contributed by atoms with Crippen LogP contribution in [0.1, 0.15) is 50.0 Å². The number of piperidine rings is 1. The average Bonchev–Trinajstić information content (AvgIpc) is 2.97. The average molecular weight is 362 g/mol. The summed E-state index contributed by atoms with van der Waals surface area (Å²) in [5.74, 6) is -1.54. The van der Waals surface area contributed by atoms with Gasteiger partial charge in [0, 0.05) is 18.1 Å². The lowest BCUT2D eigenvalue weighted by atomic mass is 9.98. The number of nitrogens with two attached hydrogens (primary N) is 1. The zero-order valence-electron chi connectivity index (χ0n) is 15.2. The third-order valence-corrected chi connectivity index (χ3v) is 4.41. The molecule has 140 valence electrons. The number of benzene rings is 1. The van der Waals surface area contributed by atoms with Crippen LogP contribution in [0.2, 0.25) is 0 Å². The molecule has 2 heterocycles. The number of primary amides is 1. The first-order valence-corrected chi connectivity index (χ1v) is 8.60. The minimum Gasteiger partial charge on any atom is -0.367 e. The van der Waals surface area contributed by atoms with Crippen LogP contribution in [0.4, 0.5) is 4.39 Å². The van der Waals surface area contributed by atoms with Crippen LogP contribution >= 0.6 is 0 Å². The number of amides is 1. The molecular weight excluding hydrogens is 339 g/mol. The lowest BCUT2D eigenvalue weighted by molar-refractivity contribution is -0.207. The minimum atomic E-state index is -0.718. The van der Waals surface area contributed by atoms with E-state index in [0.29, 0.717) is 24.0 Å². The molecule has 1 saturated heterocycles. The van der Waals surface area contributed by atoms with Gasteiger partial charge in [0.05, 0.1) is 23.6 Å². The van der Waals surface area contributed by atoms with E-state index in [-0.39, 0.29) is 17.6 Å². The van der Waals surface area contributed by atoms with Crippen molar-refractivity contribution in [1.29, 1.82) is 0 Å². The van der Waals surface area contributed by atoms with Crippen LogP contribution in [0, 0.1) is 11.2 Å². The van der Waals surface area contributed by atoms with Crippen molar-refractivity contribution in [3.05, 3.63) is 29.7 Å². The Kier molecular flexibility index (Phi) is 4.70. The molecule has 2 aromatic rings. The minimum absolute atomic E-state index is 0.0484. The second-order valence-corrected chi connectivity index (χ2v) is 7.68. The number of hydroxylamine groups is 2. The predicted molar refractivity (Wildman–Crippen MR) is 93.6 cm³/mol. The maximum atomic E-state index is 13.7. The van der Waals surface area contributed by atoms with E-state index >= 15 is 0 Å². The maximum absolute atomic E-state index is 13.7. The summed E-state index contributed by atoms with van der Waals surface area (Å²) in [6, 6.07) is 2.37. The summed E-state index contributed by atoms with van der Waals surface area (Å²) in [6.07, 6.45) is 3.37. The highest BCUT2D eigenvalue weighted by Gasteiger charge is 2.30. The van der Waals surface area contributed by atoms with Crippen molar-refractivity contribution in [3.63, 3.8) is 0 Å². The van der Waals surface area contributed by atoms with E-state index in [1.165, 1.54) is 6.07 Å². The SMILES string of the molecule is CC(C)(C)C(=O)ON1CCCC(n2cc3cc(F)cc(C(N)=O)c3n2)C1. The van der Waals surface area contributed by atoms with Gasteiger partial charge in [0.15, 0.2) is 0 Å². The monoisotopic (exact) mass is 362 g/mol. The van der Waals surface area contributed by atoms with E-state index in [4.69, 9.17) is 10.6 Å². The molecule has 1 aromatic carbocycles. The fourth-order valence-corrected chi connectivity index (χ4v) is 2.97. The summed E-state index contributed by atoms with van der Waals surface area (Å²) in [6.45, 7) is 6.54. The van der Waals surface area contributed by atoms with Crippen molar-refractivity contribution in [3.8, 4) is 0 Å². The molecule has 7 nitrogen and oxygen atoms in total. The van der Waals surface area contributed by atoms with E-state index in [2.05, 4.69) is 5.10 Å². The van der Waals surface area contributed by atoms with Crippen LogP contribution in [0.15, 0.2) is 18.3 Å². The number of hydrogen-bond acceptors (Lipinski definition) is 5. The summed E-state index contributed by atoms with van der Waals surface area (Å²) in [5.41, 5.74) is 5.19. The van der Waals surface area contributed by atoms with Crippen LogP contribution in [0.3, 0.4) is 0 Å². The van der Waals surface area contributed by atoms with Gasteiger partial charge in [-0.1, -0.05) is 0 Å². The fourth-order valence-electron chi connectivity index (χ4n) is 2.97.